The summed E-state index contributed by atoms with van der Waals surface area (Å²) in [6.07, 6.45) is 5.72. The fraction of sp³-hybridized carbons (Fsp3) is 0.533. The van der Waals surface area contributed by atoms with Crippen molar-refractivity contribution >= 4 is 5.91 Å². The molecule has 0 radical (unpaired) electrons. The number of nitrogens with zero attached hydrogens (tertiary/aromatic N) is 1. The lowest BCUT2D eigenvalue weighted by molar-refractivity contribution is -0.120. The quantitative estimate of drug-likeness (QED) is 0.481. The molecule has 3 N–H and O–H groups in total. The molecule has 1 fully saturated rings. The molecule has 0 spiro atoms. The van der Waals surface area contributed by atoms with Crippen LogP contribution in [0.25, 0.3) is 0 Å². The van der Waals surface area contributed by atoms with Gasteiger partial charge in [0.25, 0.3) is 0 Å². The molecule has 19 heavy (non-hydrogen) atoms. The largest absolute Gasteiger partial charge is 0.299 e. The van der Waals surface area contributed by atoms with Crippen molar-refractivity contribution in [2.75, 3.05) is 7.05 Å². The Balaban J connectivity index is 1.89. The number of hydrogen-bond acceptors (Lipinski definition) is 3. The van der Waals surface area contributed by atoms with E-state index in [1.807, 2.05) is 12.1 Å². The summed E-state index contributed by atoms with van der Waals surface area (Å²) in [6, 6.07) is 8.96. The lowest BCUT2D eigenvalue weighted by Gasteiger charge is -2.24. The number of hydrogen-bond donors (Lipinski definition) is 2. The molecule has 0 aromatic heterocycles. The normalized spacial score (nSPS) is 15.9. The van der Waals surface area contributed by atoms with Crippen molar-refractivity contribution in [3.8, 4) is 0 Å². The number of nitrogens with one attached hydrogen (secondary N) is 1. The minimum absolute atomic E-state index is 0.157. The zero-order valence-electron chi connectivity index (χ0n) is 11.6. The number of amides is 1. The summed E-state index contributed by atoms with van der Waals surface area (Å²) >= 11 is 0. The molecule has 0 aliphatic heterocycles. The minimum Gasteiger partial charge on any atom is -0.299 e. The highest BCUT2D eigenvalue weighted by Crippen LogP contribution is 2.23. The van der Waals surface area contributed by atoms with Crippen molar-refractivity contribution in [2.24, 2.45) is 5.84 Å². The molecule has 104 valence electrons. The molecule has 4 heteroatoms. The molecule has 1 aliphatic rings. The molecule has 0 saturated heterocycles. The second-order valence-corrected chi connectivity index (χ2v) is 5.41. The Bertz CT molecular complexity index is 410. The Hall–Kier alpha value is -1.39. The summed E-state index contributed by atoms with van der Waals surface area (Å²) in [7, 11) is 2.20. The van der Waals surface area contributed by atoms with Gasteiger partial charge in [0.15, 0.2) is 0 Å². The highest BCUT2D eigenvalue weighted by Gasteiger charge is 2.19. The van der Waals surface area contributed by atoms with Gasteiger partial charge in [0.05, 0.1) is 6.42 Å². The van der Waals surface area contributed by atoms with Gasteiger partial charge in [0, 0.05) is 12.6 Å². The number of rotatable bonds is 5. The third-order valence-corrected chi connectivity index (χ3v) is 3.93. The van der Waals surface area contributed by atoms with E-state index in [0.717, 1.165) is 18.2 Å². The van der Waals surface area contributed by atoms with Crippen LogP contribution in [0.3, 0.4) is 0 Å². The van der Waals surface area contributed by atoms with E-state index in [2.05, 4.69) is 29.5 Å². The molecule has 1 amide bonds. The van der Waals surface area contributed by atoms with Crippen molar-refractivity contribution in [2.45, 2.75) is 44.7 Å². The summed E-state index contributed by atoms with van der Waals surface area (Å²) in [5.41, 5.74) is 4.44. The summed E-state index contributed by atoms with van der Waals surface area (Å²) in [4.78, 5) is 13.6. The summed E-state index contributed by atoms with van der Waals surface area (Å²) in [6.45, 7) is 0.980. The van der Waals surface area contributed by atoms with E-state index in [9.17, 15) is 4.79 Å². The minimum atomic E-state index is -0.157. The summed E-state index contributed by atoms with van der Waals surface area (Å²) < 4.78 is 0. The van der Waals surface area contributed by atoms with E-state index in [1.54, 1.807) is 0 Å². The first kappa shape index (κ1) is 14.0. The molecular formula is C15H23N3O. The molecule has 0 bridgehead atoms. The maximum atomic E-state index is 11.2. The highest BCUT2D eigenvalue weighted by molar-refractivity contribution is 5.77. The lowest BCUT2D eigenvalue weighted by Crippen LogP contribution is -2.31. The van der Waals surface area contributed by atoms with Gasteiger partial charge in [-0.3, -0.25) is 15.1 Å². The molecule has 1 aliphatic carbocycles. The van der Waals surface area contributed by atoms with Crippen molar-refractivity contribution < 1.29 is 4.79 Å². The summed E-state index contributed by atoms with van der Waals surface area (Å²) in [5.74, 6) is 4.92. The topological polar surface area (TPSA) is 58.4 Å². The Kier molecular flexibility index (Phi) is 4.93. The van der Waals surface area contributed by atoms with Gasteiger partial charge in [-0.15, -0.1) is 0 Å². The second-order valence-electron chi connectivity index (χ2n) is 5.41. The van der Waals surface area contributed by atoms with Crippen molar-refractivity contribution in [3.05, 3.63) is 35.4 Å². The fourth-order valence-corrected chi connectivity index (χ4v) is 2.76. The van der Waals surface area contributed by atoms with E-state index >= 15 is 0 Å². The molecule has 4 nitrogen and oxygen atoms in total. The Morgan fingerprint density at radius 1 is 1.26 bits per heavy atom. The average Bonchev–Trinajstić information content (AvgIpc) is 2.95. The van der Waals surface area contributed by atoms with Crippen LogP contribution in [-0.2, 0) is 17.8 Å². The molecule has 0 unspecified atom stereocenters. The molecule has 2 rings (SSSR count). The van der Waals surface area contributed by atoms with Crippen molar-refractivity contribution in [1.82, 2.24) is 10.3 Å². The number of hydrazine groups is 1. The first-order chi connectivity index (χ1) is 9.19. The van der Waals surface area contributed by atoms with Crippen LogP contribution in [0.2, 0.25) is 0 Å². The number of benzene rings is 1. The van der Waals surface area contributed by atoms with Gasteiger partial charge < -0.3 is 0 Å². The van der Waals surface area contributed by atoms with E-state index in [4.69, 9.17) is 5.84 Å². The smallest absolute Gasteiger partial charge is 0.238 e. The predicted octanol–water partition coefficient (Wildman–Crippen LogP) is 1.59. The number of carbonyl (C=O) groups excluding carboxylic acids is 1. The van der Waals surface area contributed by atoms with Crippen LogP contribution < -0.4 is 11.3 Å². The van der Waals surface area contributed by atoms with Crippen LogP contribution in [0.15, 0.2) is 24.3 Å². The maximum Gasteiger partial charge on any atom is 0.238 e. The molecule has 0 heterocycles. The SMILES string of the molecule is CN(Cc1ccc(CC(=O)NN)cc1)C1CCCC1. The third kappa shape index (κ3) is 4.04. The lowest BCUT2D eigenvalue weighted by atomic mass is 10.1. The zero-order valence-corrected chi connectivity index (χ0v) is 11.6. The molecule has 0 atom stereocenters. The first-order valence-electron chi connectivity index (χ1n) is 6.96. The second kappa shape index (κ2) is 6.68. The van der Waals surface area contributed by atoms with E-state index in [0.29, 0.717) is 6.42 Å². The van der Waals surface area contributed by atoms with Crippen molar-refractivity contribution in [1.29, 1.82) is 0 Å². The zero-order chi connectivity index (χ0) is 13.7. The van der Waals surface area contributed by atoms with Gasteiger partial charge in [-0.25, -0.2) is 5.84 Å². The van der Waals surface area contributed by atoms with E-state index < -0.39 is 0 Å². The van der Waals surface area contributed by atoms with Gasteiger partial charge >= 0.3 is 0 Å². The average molecular weight is 261 g/mol. The van der Waals surface area contributed by atoms with E-state index in [-0.39, 0.29) is 5.91 Å². The van der Waals surface area contributed by atoms with Crippen LogP contribution in [0.4, 0.5) is 0 Å². The van der Waals surface area contributed by atoms with Gasteiger partial charge in [-0.05, 0) is 31.0 Å². The van der Waals surface area contributed by atoms with Crippen LogP contribution in [-0.4, -0.2) is 23.9 Å². The predicted molar refractivity (Wildman–Crippen MR) is 76.2 cm³/mol. The van der Waals surface area contributed by atoms with Gasteiger partial charge in [-0.1, -0.05) is 37.1 Å². The Morgan fingerprint density at radius 3 is 2.42 bits per heavy atom. The third-order valence-electron chi connectivity index (χ3n) is 3.93. The Labute approximate surface area is 114 Å². The maximum absolute atomic E-state index is 11.2. The first-order valence-corrected chi connectivity index (χ1v) is 6.96. The molecular weight excluding hydrogens is 238 g/mol. The van der Waals surface area contributed by atoms with Crippen LogP contribution in [0.5, 0.6) is 0 Å². The summed E-state index contributed by atoms with van der Waals surface area (Å²) in [5, 5.41) is 0. The monoisotopic (exact) mass is 261 g/mol. The van der Waals surface area contributed by atoms with Crippen LogP contribution in [0.1, 0.15) is 36.8 Å². The molecule has 1 aromatic carbocycles. The van der Waals surface area contributed by atoms with Crippen molar-refractivity contribution in [3.63, 3.8) is 0 Å². The standard InChI is InChI=1S/C15H23N3O/c1-18(14-4-2-3-5-14)11-13-8-6-12(7-9-13)10-15(19)17-16/h6-9,14H,2-5,10-11,16H2,1H3,(H,17,19). The number of carbonyl (C=O) groups is 1. The van der Waals surface area contributed by atoms with Gasteiger partial charge in [0.1, 0.15) is 0 Å². The fourth-order valence-electron chi connectivity index (χ4n) is 2.76. The van der Waals surface area contributed by atoms with Crippen LogP contribution >= 0.6 is 0 Å². The molecule has 1 saturated carbocycles. The van der Waals surface area contributed by atoms with Gasteiger partial charge in [-0.2, -0.15) is 0 Å². The molecule has 1 aromatic rings. The number of nitrogens with two attached hydrogens (primary N) is 1. The highest BCUT2D eigenvalue weighted by atomic mass is 16.2. The van der Waals surface area contributed by atoms with E-state index in [1.165, 1.54) is 31.2 Å². The van der Waals surface area contributed by atoms with Crippen LogP contribution in [0, 0.1) is 0 Å². The Morgan fingerprint density at radius 2 is 1.84 bits per heavy atom. The van der Waals surface area contributed by atoms with Gasteiger partial charge in [0.2, 0.25) is 5.91 Å².